The Kier molecular flexibility index (Phi) is 5.05. The highest BCUT2D eigenvalue weighted by atomic mass is 16.7. The van der Waals surface area contributed by atoms with Gasteiger partial charge in [0.2, 0.25) is 5.95 Å². The summed E-state index contributed by atoms with van der Waals surface area (Å²) < 4.78 is 13.2. The van der Waals surface area contributed by atoms with Gasteiger partial charge in [-0.15, -0.1) is 0 Å². The minimum atomic E-state index is -0.0942. The molecule has 6 nitrogen and oxygen atoms in total. The third-order valence-corrected chi connectivity index (χ3v) is 6.14. The van der Waals surface area contributed by atoms with Gasteiger partial charge in [0, 0.05) is 45.0 Å². The van der Waals surface area contributed by atoms with Gasteiger partial charge in [0.15, 0.2) is 6.29 Å². The minimum absolute atomic E-state index is 0.0942. The van der Waals surface area contributed by atoms with Gasteiger partial charge in [-0.05, 0) is 43.9 Å². The van der Waals surface area contributed by atoms with Crippen LogP contribution in [0.15, 0.2) is 18.2 Å². The molecule has 0 spiro atoms. The highest BCUT2D eigenvalue weighted by Gasteiger charge is 2.27. The molecule has 26 heavy (non-hydrogen) atoms. The number of nitrogen functional groups attached to an aromatic ring is 1. The molecule has 1 saturated carbocycles. The summed E-state index contributed by atoms with van der Waals surface area (Å²) in [6.45, 7) is 2.04. The molecule has 2 aromatic rings. The Balaban J connectivity index is 1.55. The zero-order valence-electron chi connectivity index (χ0n) is 15.9. The first-order valence-electron chi connectivity index (χ1n) is 9.79. The molecule has 0 atom stereocenters. The van der Waals surface area contributed by atoms with Crippen LogP contribution >= 0.6 is 0 Å². The number of methoxy groups -OCH3 is 2. The van der Waals surface area contributed by atoms with Crippen LogP contribution in [0.4, 0.5) is 11.6 Å². The van der Waals surface area contributed by atoms with Crippen molar-refractivity contribution in [3.63, 3.8) is 0 Å². The van der Waals surface area contributed by atoms with E-state index in [0.717, 1.165) is 31.4 Å². The molecule has 0 unspecified atom stereocenters. The van der Waals surface area contributed by atoms with Crippen molar-refractivity contribution in [3.8, 4) is 0 Å². The largest absolute Gasteiger partial charge is 0.371 e. The van der Waals surface area contributed by atoms with E-state index in [1.165, 1.54) is 36.9 Å². The number of imidazole rings is 1. The molecule has 0 bridgehead atoms. The van der Waals surface area contributed by atoms with Crippen LogP contribution in [0.3, 0.4) is 0 Å². The zero-order chi connectivity index (χ0) is 18.1. The summed E-state index contributed by atoms with van der Waals surface area (Å²) in [6, 6.07) is 7.08. The maximum Gasteiger partial charge on any atom is 0.201 e. The van der Waals surface area contributed by atoms with E-state index < -0.39 is 0 Å². The predicted octanol–water partition coefficient (Wildman–Crippen LogP) is 3.57. The normalized spacial score (nSPS) is 19.9. The van der Waals surface area contributed by atoms with Gasteiger partial charge in [-0.1, -0.05) is 12.8 Å². The second kappa shape index (κ2) is 7.45. The first-order chi connectivity index (χ1) is 12.7. The van der Waals surface area contributed by atoms with Crippen LogP contribution in [0.1, 0.15) is 44.6 Å². The van der Waals surface area contributed by atoms with Crippen molar-refractivity contribution in [3.05, 3.63) is 18.2 Å². The summed E-state index contributed by atoms with van der Waals surface area (Å²) in [6.07, 6.45) is 7.06. The molecule has 0 radical (unpaired) electrons. The fourth-order valence-electron chi connectivity index (χ4n) is 4.75. The molecular formula is C20H30N4O2. The van der Waals surface area contributed by atoms with Gasteiger partial charge in [-0.2, -0.15) is 0 Å². The number of hydrogen-bond donors (Lipinski definition) is 1. The molecule has 1 aliphatic carbocycles. The Hall–Kier alpha value is -1.79. The van der Waals surface area contributed by atoms with Gasteiger partial charge in [0.1, 0.15) is 0 Å². The van der Waals surface area contributed by atoms with Crippen molar-refractivity contribution in [2.45, 2.75) is 50.9 Å². The maximum atomic E-state index is 6.25. The average Bonchev–Trinajstić information content (AvgIpc) is 3.29. The van der Waals surface area contributed by atoms with Crippen molar-refractivity contribution < 1.29 is 9.47 Å². The fourth-order valence-corrected chi connectivity index (χ4v) is 4.75. The van der Waals surface area contributed by atoms with E-state index in [4.69, 9.17) is 15.2 Å². The quantitative estimate of drug-likeness (QED) is 0.828. The molecule has 1 aromatic carbocycles. The maximum absolute atomic E-state index is 6.25. The zero-order valence-corrected chi connectivity index (χ0v) is 15.9. The van der Waals surface area contributed by atoms with Crippen molar-refractivity contribution in [1.29, 1.82) is 0 Å². The SMILES string of the molecule is COC(OC)C1CCN(c2ccc3nc(N)n(C4CCCC4)c3c2)CC1. The monoisotopic (exact) mass is 358 g/mol. The lowest BCUT2D eigenvalue weighted by Crippen LogP contribution is -2.39. The summed E-state index contributed by atoms with van der Waals surface area (Å²) in [4.78, 5) is 7.05. The molecule has 1 aromatic heterocycles. The Morgan fingerprint density at radius 1 is 1.08 bits per heavy atom. The van der Waals surface area contributed by atoms with Gasteiger partial charge in [0.05, 0.1) is 11.0 Å². The Bertz CT molecular complexity index is 742. The lowest BCUT2D eigenvalue weighted by molar-refractivity contribution is -0.141. The van der Waals surface area contributed by atoms with Crippen LogP contribution in [0.25, 0.3) is 11.0 Å². The second-order valence-corrected chi connectivity index (χ2v) is 7.62. The first-order valence-corrected chi connectivity index (χ1v) is 9.79. The van der Waals surface area contributed by atoms with Crippen molar-refractivity contribution >= 4 is 22.7 Å². The van der Waals surface area contributed by atoms with E-state index in [1.54, 1.807) is 14.2 Å². The minimum Gasteiger partial charge on any atom is -0.371 e. The molecule has 4 rings (SSSR count). The van der Waals surface area contributed by atoms with Crippen molar-refractivity contribution in [2.75, 3.05) is 37.9 Å². The van der Waals surface area contributed by atoms with Crippen LogP contribution in [0.5, 0.6) is 0 Å². The predicted molar refractivity (Wildman–Crippen MR) is 104 cm³/mol. The van der Waals surface area contributed by atoms with Crippen LogP contribution in [0, 0.1) is 5.92 Å². The third-order valence-electron chi connectivity index (χ3n) is 6.14. The summed E-state index contributed by atoms with van der Waals surface area (Å²) >= 11 is 0. The lowest BCUT2D eigenvalue weighted by Gasteiger charge is -2.36. The van der Waals surface area contributed by atoms with Crippen LogP contribution in [-0.4, -0.2) is 43.2 Å². The molecule has 1 aliphatic heterocycles. The fraction of sp³-hybridized carbons (Fsp3) is 0.650. The highest BCUT2D eigenvalue weighted by Crippen LogP contribution is 2.36. The second-order valence-electron chi connectivity index (χ2n) is 7.62. The number of fused-ring (bicyclic) bond motifs is 1. The van der Waals surface area contributed by atoms with E-state index in [1.807, 2.05) is 0 Å². The number of hydrogen-bond acceptors (Lipinski definition) is 5. The highest BCUT2D eigenvalue weighted by molar-refractivity contribution is 5.82. The van der Waals surface area contributed by atoms with Gasteiger partial charge in [0.25, 0.3) is 0 Å². The molecule has 0 amide bonds. The van der Waals surface area contributed by atoms with Gasteiger partial charge in [-0.25, -0.2) is 4.98 Å². The van der Waals surface area contributed by atoms with E-state index in [2.05, 4.69) is 32.7 Å². The number of nitrogens with two attached hydrogens (primary N) is 1. The van der Waals surface area contributed by atoms with Crippen LogP contribution in [0.2, 0.25) is 0 Å². The number of benzene rings is 1. The van der Waals surface area contributed by atoms with E-state index in [-0.39, 0.29) is 6.29 Å². The van der Waals surface area contributed by atoms with Crippen LogP contribution < -0.4 is 10.6 Å². The molecule has 2 aliphatic rings. The standard InChI is InChI=1S/C20H30N4O2/c1-25-19(26-2)14-9-11-23(12-10-14)16-7-8-17-18(13-16)24(20(21)22-17)15-5-3-4-6-15/h7-8,13-15,19H,3-6,9-12H2,1-2H3,(H2,21,22). The number of nitrogens with zero attached hydrogens (tertiary/aromatic N) is 3. The third kappa shape index (κ3) is 3.16. The summed E-state index contributed by atoms with van der Waals surface area (Å²) in [7, 11) is 3.45. The summed E-state index contributed by atoms with van der Waals surface area (Å²) in [5, 5.41) is 0. The number of anilines is 2. The Morgan fingerprint density at radius 2 is 1.77 bits per heavy atom. The molecule has 2 N–H and O–H groups in total. The smallest absolute Gasteiger partial charge is 0.201 e. The van der Waals surface area contributed by atoms with Crippen LogP contribution in [-0.2, 0) is 9.47 Å². The number of aromatic nitrogens is 2. The number of ether oxygens (including phenoxy) is 2. The molecule has 1 saturated heterocycles. The summed E-state index contributed by atoms with van der Waals surface area (Å²) in [5.74, 6) is 1.12. The average molecular weight is 358 g/mol. The molecule has 6 heteroatoms. The Labute approximate surface area is 155 Å². The van der Waals surface area contributed by atoms with E-state index in [9.17, 15) is 0 Å². The number of piperidine rings is 1. The Morgan fingerprint density at radius 3 is 2.42 bits per heavy atom. The van der Waals surface area contributed by atoms with Gasteiger partial charge < -0.3 is 24.7 Å². The molecule has 2 fully saturated rings. The van der Waals surface area contributed by atoms with Crippen molar-refractivity contribution in [1.82, 2.24) is 9.55 Å². The molecule has 142 valence electrons. The summed E-state index contributed by atoms with van der Waals surface area (Å²) in [5.41, 5.74) is 9.71. The number of rotatable bonds is 5. The van der Waals surface area contributed by atoms with E-state index in [0.29, 0.717) is 17.9 Å². The topological polar surface area (TPSA) is 65.5 Å². The molecule has 2 heterocycles. The first kappa shape index (κ1) is 17.6. The van der Waals surface area contributed by atoms with E-state index >= 15 is 0 Å². The van der Waals surface area contributed by atoms with Crippen molar-refractivity contribution in [2.24, 2.45) is 5.92 Å². The molecular weight excluding hydrogens is 328 g/mol. The van der Waals surface area contributed by atoms with Gasteiger partial charge in [-0.3, -0.25) is 0 Å². The lowest BCUT2D eigenvalue weighted by atomic mass is 9.95. The van der Waals surface area contributed by atoms with Gasteiger partial charge >= 0.3 is 0 Å².